The fourth-order valence-corrected chi connectivity index (χ4v) is 5.84. The largest absolute Gasteiger partial charge is 0.489 e. The van der Waals surface area contributed by atoms with Crippen LogP contribution in [0.15, 0.2) is 42.5 Å². The second kappa shape index (κ2) is 9.26. The zero-order chi connectivity index (χ0) is 27.5. The van der Waals surface area contributed by atoms with Crippen molar-refractivity contribution in [2.75, 3.05) is 18.9 Å². The van der Waals surface area contributed by atoms with Crippen LogP contribution < -0.4 is 21.5 Å². The van der Waals surface area contributed by atoms with Crippen molar-refractivity contribution in [3.05, 3.63) is 70.9 Å². The SMILES string of the molecule is CC1(C(N)=O)COc2c1cc([C@@H](CNC(=O)c1cc(F)c3nc(N)sc3c1)C1CC1)nc2-c1ccc(F)cc1. The minimum Gasteiger partial charge on any atom is -0.489 e. The van der Waals surface area contributed by atoms with E-state index in [0.717, 1.165) is 30.2 Å². The highest BCUT2D eigenvalue weighted by Crippen LogP contribution is 2.48. The molecular weight excluding hydrogens is 524 g/mol. The first-order valence-electron chi connectivity index (χ1n) is 12.5. The monoisotopic (exact) mass is 549 g/mol. The van der Waals surface area contributed by atoms with E-state index in [0.29, 0.717) is 33.0 Å². The smallest absolute Gasteiger partial charge is 0.251 e. The molecule has 2 aliphatic rings. The summed E-state index contributed by atoms with van der Waals surface area (Å²) in [6, 6.07) is 10.4. The first-order valence-corrected chi connectivity index (χ1v) is 13.3. The number of rotatable bonds is 7. The van der Waals surface area contributed by atoms with E-state index in [1.807, 2.05) is 6.07 Å². The van der Waals surface area contributed by atoms with Crippen LogP contribution in [0.2, 0.25) is 0 Å². The lowest BCUT2D eigenvalue weighted by Gasteiger charge is -2.22. The Kier molecular flexibility index (Phi) is 5.98. The van der Waals surface area contributed by atoms with Crippen LogP contribution in [0.25, 0.3) is 21.5 Å². The number of hydrogen-bond donors (Lipinski definition) is 3. The van der Waals surface area contributed by atoms with E-state index in [9.17, 15) is 18.4 Å². The third kappa shape index (κ3) is 4.46. The Morgan fingerprint density at radius 2 is 1.92 bits per heavy atom. The first-order chi connectivity index (χ1) is 18.6. The third-order valence-electron chi connectivity index (χ3n) is 7.53. The van der Waals surface area contributed by atoms with Crippen molar-refractivity contribution >= 4 is 38.5 Å². The molecule has 200 valence electrons. The van der Waals surface area contributed by atoms with E-state index in [-0.39, 0.29) is 47.0 Å². The lowest BCUT2D eigenvalue weighted by molar-refractivity contribution is -0.123. The highest BCUT2D eigenvalue weighted by Gasteiger charge is 2.45. The number of carbonyl (C=O) groups excluding carboxylic acids is 2. The van der Waals surface area contributed by atoms with Gasteiger partial charge in [-0.2, -0.15) is 0 Å². The van der Waals surface area contributed by atoms with E-state index in [2.05, 4.69) is 10.3 Å². The summed E-state index contributed by atoms with van der Waals surface area (Å²) in [5.41, 5.74) is 13.1. The number of nitrogens with one attached hydrogen (secondary N) is 1. The molecule has 3 heterocycles. The van der Waals surface area contributed by atoms with Gasteiger partial charge in [-0.15, -0.1) is 0 Å². The predicted octanol–water partition coefficient (Wildman–Crippen LogP) is 4.28. The summed E-state index contributed by atoms with van der Waals surface area (Å²) in [5, 5.41) is 3.15. The lowest BCUT2D eigenvalue weighted by atomic mass is 9.82. The van der Waals surface area contributed by atoms with E-state index in [1.54, 1.807) is 25.1 Å². The molecule has 0 bridgehead atoms. The summed E-state index contributed by atoms with van der Waals surface area (Å²) in [5.74, 6) is -1.43. The van der Waals surface area contributed by atoms with Crippen LogP contribution >= 0.6 is 11.3 Å². The maximum Gasteiger partial charge on any atom is 0.251 e. The normalized spacial score (nSPS) is 18.9. The van der Waals surface area contributed by atoms with Gasteiger partial charge in [0.25, 0.3) is 5.91 Å². The van der Waals surface area contributed by atoms with Gasteiger partial charge in [0.2, 0.25) is 5.91 Å². The minimum absolute atomic E-state index is 0.0674. The molecular formula is C28H25F2N5O3S. The number of fused-ring (bicyclic) bond motifs is 2. The molecule has 2 amide bonds. The highest BCUT2D eigenvalue weighted by molar-refractivity contribution is 7.22. The number of ether oxygens (including phenoxy) is 1. The molecule has 1 aliphatic heterocycles. The standard InChI is InChI=1S/C28H25F2N5O3S/c1-28(26(31)37)12-38-24-18(28)10-20(34-22(24)14-4-6-16(29)7-5-14)17(13-2-3-13)11-33-25(36)15-8-19(30)23-21(9-15)39-27(32)35-23/h4-10,13,17H,2-3,11-12H2,1H3,(H2,31,37)(H2,32,35)(H,33,36)/t17-,28?/m0/s1. The number of amides is 2. The van der Waals surface area contributed by atoms with Gasteiger partial charge in [0.05, 0.1) is 4.70 Å². The van der Waals surface area contributed by atoms with E-state index in [4.69, 9.17) is 21.2 Å². The molecule has 5 N–H and O–H groups in total. The van der Waals surface area contributed by atoms with Crippen LogP contribution in [-0.4, -0.2) is 34.9 Å². The molecule has 2 atom stereocenters. The molecule has 2 aromatic heterocycles. The number of nitrogens with zero attached hydrogens (tertiary/aromatic N) is 2. The number of hydrogen-bond acceptors (Lipinski definition) is 7. The highest BCUT2D eigenvalue weighted by atomic mass is 32.1. The van der Waals surface area contributed by atoms with Gasteiger partial charge in [-0.25, -0.2) is 18.7 Å². The molecule has 39 heavy (non-hydrogen) atoms. The van der Waals surface area contributed by atoms with Crippen molar-refractivity contribution in [2.24, 2.45) is 11.7 Å². The number of nitrogen functional groups attached to an aromatic ring is 1. The number of pyridine rings is 1. The van der Waals surface area contributed by atoms with Crippen molar-refractivity contribution in [1.82, 2.24) is 15.3 Å². The van der Waals surface area contributed by atoms with Crippen molar-refractivity contribution in [1.29, 1.82) is 0 Å². The molecule has 1 fully saturated rings. The quantitative estimate of drug-likeness (QED) is 0.315. The summed E-state index contributed by atoms with van der Waals surface area (Å²) in [7, 11) is 0. The summed E-state index contributed by atoms with van der Waals surface area (Å²) < 4.78 is 34.6. The van der Waals surface area contributed by atoms with Gasteiger partial charge in [-0.3, -0.25) is 9.59 Å². The summed E-state index contributed by atoms with van der Waals surface area (Å²) >= 11 is 1.11. The average Bonchev–Trinajstić information content (AvgIpc) is 3.58. The number of primary amides is 1. The van der Waals surface area contributed by atoms with Crippen LogP contribution in [-0.2, 0) is 10.2 Å². The fraction of sp³-hybridized carbons (Fsp3) is 0.286. The number of benzene rings is 2. The number of anilines is 1. The Balaban J connectivity index is 1.35. The Bertz CT molecular complexity index is 1640. The first kappa shape index (κ1) is 25.2. The van der Waals surface area contributed by atoms with Gasteiger partial charge >= 0.3 is 0 Å². The van der Waals surface area contributed by atoms with E-state index >= 15 is 0 Å². The van der Waals surface area contributed by atoms with Crippen LogP contribution in [0.1, 0.15) is 47.3 Å². The maximum atomic E-state index is 14.5. The van der Waals surface area contributed by atoms with Crippen molar-refractivity contribution in [2.45, 2.75) is 31.1 Å². The van der Waals surface area contributed by atoms with Crippen molar-refractivity contribution in [3.8, 4) is 17.0 Å². The van der Waals surface area contributed by atoms with E-state index < -0.39 is 23.0 Å². The molecule has 0 spiro atoms. The van der Waals surface area contributed by atoms with Gasteiger partial charge in [0.1, 0.15) is 34.8 Å². The maximum absolute atomic E-state index is 14.5. The zero-order valence-corrected chi connectivity index (χ0v) is 21.8. The summed E-state index contributed by atoms with van der Waals surface area (Å²) in [4.78, 5) is 34.4. The van der Waals surface area contributed by atoms with Gasteiger partial charge < -0.3 is 21.5 Å². The van der Waals surface area contributed by atoms with Crippen LogP contribution in [0.5, 0.6) is 5.75 Å². The molecule has 1 unspecified atom stereocenters. The molecule has 2 aromatic carbocycles. The lowest BCUT2D eigenvalue weighted by Crippen LogP contribution is -2.40. The molecule has 8 nitrogen and oxygen atoms in total. The average molecular weight is 550 g/mol. The number of carbonyl (C=O) groups is 2. The molecule has 0 saturated heterocycles. The Morgan fingerprint density at radius 1 is 1.18 bits per heavy atom. The van der Waals surface area contributed by atoms with Gasteiger partial charge in [0.15, 0.2) is 10.9 Å². The zero-order valence-electron chi connectivity index (χ0n) is 21.0. The van der Waals surface area contributed by atoms with Gasteiger partial charge in [0, 0.05) is 34.8 Å². The predicted molar refractivity (Wildman–Crippen MR) is 143 cm³/mol. The number of nitrogens with two attached hydrogens (primary N) is 2. The van der Waals surface area contributed by atoms with Crippen molar-refractivity contribution < 1.29 is 23.1 Å². The second-order valence-corrected chi connectivity index (χ2v) is 11.3. The minimum atomic E-state index is -1.07. The van der Waals surface area contributed by atoms with Crippen LogP contribution in [0.3, 0.4) is 0 Å². The molecule has 1 saturated carbocycles. The molecule has 4 aromatic rings. The van der Waals surface area contributed by atoms with Crippen LogP contribution in [0.4, 0.5) is 13.9 Å². The van der Waals surface area contributed by atoms with E-state index in [1.165, 1.54) is 12.1 Å². The number of aromatic nitrogens is 2. The molecule has 6 rings (SSSR count). The molecule has 11 heteroatoms. The number of halogens is 2. The van der Waals surface area contributed by atoms with Crippen LogP contribution in [0, 0.1) is 17.6 Å². The molecule has 1 aliphatic carbocycles. The summed E-state index contributed by atoms with van der Waals surface area (Å²) in [6.07, 6.45) is 1.91. The number of thiazole rings is 1. The fourth-order valence-electron chi connectivity index (χ4n) is 5.05. The Morgan fingerprint density at radius 3 is 2.62 bits per heavy atom. The topological polar surface area (TPSA) is 133 Å². The summed E-state index contributed by atoms with van der Waals surface area (Å²) in [6.45, 7) is 2.04. The third-order valence-corrected chi connectivity index (χ3v) is 8.37. The van der Waals surface area contributed by atoms with Gasteiger partial charge in [-0.05, 0) is 68.1 Å². The molecule has 0 radical (unpaired) electrons. The second-order valence-electron chi connectivity index (χ2n) is 10.3. The Labute approximate surface area is 226 Å². The van der Waals surface area contributed by atoms with Crippen molar-refractivity contribution in [3.63, 3.8) is 0 Å². The van der Waals surface area contributed by atoms with Gasteiger partial charge in [-0.1, -0.05) is 11.3 Å². The Hall–Kier alpha value is -4.12.